The zero-order chi connectivity index (χ0) is 7.94. The summed E-state index contributed by atoms with van der Waals surface area (Å²) in [5.74, 6) is 0. The topological polar surface area (TPSA) is 0 Å². The normalized spacial score (nSPS) is 34.5. The predicted molar refractivity (Wildman–Crippen MR) is 44.4 cm³/mol. The van der Waals surface area contributed by atoms with Crippen LogP contribution in [0.2, 0.25) is 0 Å². The molecule has 1 rings (SSSR count). The van der Waals surface area contributed by atoms with E-state index in [2.05, 4.69) is 27.7 Å². The Hall–Kier alpha value is 0.793. The molecule has 1 aliphatic rings. The van der Waals surface area contributed by atoms with Crippen molar-refractivity contribution in [2.75, 3.05) is 0 Å². The van der Waals surface area contributed by atoms with E-state index in [1.807, 2.05) is 0 Å². The van der Waals surface area contributed by atoms with Gasteiger partial charge in [0.15, 0.2) is 0 Å². The molecule has 0 radical (unpaired) electrons. The molecule has 0 fully saturated rings. The Morgan fingerprint density at radius 1 is 1.30 bits per heavy atom. The minimum atomic E-state index is 0.501. The molecule has 0 aromatic rings. The Morgan fingerprint density at radius 2 is 1.80 bits per heavy atom. The van der Waals surface area contributed by atoms with Crippen LogP contribution in [0, 0.1) is 0 Å². The summed E-state index contributed by atoms with van der Waals surface area (Å²) in [5.41, 5.74) is 3.14. The van der Waals surface area contributed by atoms with Crippen molar-refractivity contribution in [2.24, 2.45) is 0 Å². The van der Waals surface area contributed by atoms with Crippen molar-refractivity contribution in [1.82, 2.24) is 0 Å². The van der Waals surface area contributed by atoms with E-state index in [1.165, 1.54) is 8.20 Å². The van der Waals surface area contributed by atoms with Crippen LogP contribution in [-0.4, -0.2) is 8.16 Å². The number of hydrogen-bond acceptors (Lipinski definition) is 0. The SMILES string of the molecule is CC1=P[C](C)([Zr])C(C)=C1C. The van der Waals surface area contributed by atoms with Crippen LogP contribution >= 0.6 is 8.20 Å². The Morgan fingerprint density at radius 3 is 1.90 bits per heavy atom. The Bertz CT molecular complexity index is 223. The first-order valence-electron chi connectivity index (χ1n) is 3.45. The summed E-state index contributed by atoms with van der Waals surface area (Å²) in [6, 6.07) is 0. The van der Waals surface area contributed by atoms with Crippen molar-refractivity contribution in [3.8, 4) is 0 Å². The molecule has 1 heterocycles. The Kier molecular flexibility index (Phi) is 2.39. The molecule has 1 unspecified atom stereocenters. The third-order valence-corrected chi connectivity index (χ3v) is 5.43. The van der Waals surface area contributed by atoms with Crippen molar-refractivity contribution in [2.45, 2.75) is 30.6 Å². The maximum absolute atomic E-state index is 2.35. The molecule has 1 atom stereocenters. The molecule has 53 valence electrons. The molecule has 2 heteroatoms. The zero-order valence-corrected chi connectivity index (χ0v) is 10.3. The fraction of sp³-hybridized carbons (Fsp3) is 0.625. The van der Waals surface area contributed by atoms with E-state index >= 15 is 0 Å². The molecule has 0 saturated carbocycles. The van der Waals surface area contributed by atoms with Crippen LogP contribution in [0.15, 0.2) is 11.1 Å². The van der Waals surface area contributed by atoms with Crippen molar-refractivity contribution >= 4 is 13.5 Å². The van der Waals surface area contributed by atoms with Crippen LogP contribution in [0.4, 0.5) is 0 Å². The number of rotatable bonds is 0. The van der Waals surface area contributed by atoms with E-state index in [-0.39, 0.29) is 0 Å². The molecule has 0 aromatic heterocycles. The molecular weight excluding hydrogens is 218 g/mol. The standard InChI is InChI=1S/C8H12P.Zr/c1-5-6(2)8(4)9-7(5)3;/h1-4H3;. The van der Waals surface area contributed by atoms with E-state index < -0.39 is 0 Å². The van der Waals surface area contributed by atoms with Gasteiger partial charge in [0.1, 0.15) is 0 Å². The molecule has 1 aliphatic heterocycles. The second-order valence-corrected chi connectivity index (χ2v) is 8.30. The average molecular weight is 230 g/mol. The van der Waals surface area contributed by atoms with E-state index in [4.69, 9.17) is 0 Å². The summed E-state index contributed by atoms with van der Waals surface area (Å²) in [7, 11) is 1.54. The molecule has 0 aromatic carbocycles. The molecule has 0 aliphatic carbocycles. The van der Waals surface area contributed by atoms with Gasteiger partial charge in [0.2, 0.25) is 0 Å². The molecule has 0 nitrogen and oxygen atoms in total. The van der Waals surface area contributed by atoms with Crippen LogP contribution in [-0.2, 0) is 24.7 Å². The second-order valence-electron chi connectivity index (χ2n) is 3.02. The van der Waals surface area contributed by atoms with Crippen LogP contribution < -0.4 is 0 Å². The van der Waals surface area contributed by atoms with Gasteiger partial charge in [-0.25, -0.2) is 0 Å². The summed E-state index contributed by atoms with van der Waals surface area (Å²) in [6.45, 7) is 9.11. The molecule has 0 N–H and O–H groups in total. The monoisotopic (exact) mass is 229 g/mol. The first kappa shape index (κ1) is 8.89. The summed E-state index contributed by atoms with van der Waals surface area (Å²) in [5, 5.41) is 1.57. The minimum absolute atomic E-state index is 0.501. The van der Waals surface area contributed by atoms with Crippen molar-refractivity contribution in [1.29, 1.82) is 0 Å². The first-order valence-corrected chi connectivity index (χ1v) is 5.57. The predicted octanol–water partition coefficient (Wildman–Crippen LogP) is 2.74. The van der Waals surface area contributed by atoms with Crippen molar-refractivity contribution in [3.63, 3.8) is 0 Å². The third kappa shape index (κ3) is 1.36. The van der Waals surface area contributed by atoms with E-state index in [9.17, 15) is 0 Å². The van der Waals surface area contributed by atoms with Crippen LogP contribution in [0.5, 0.6) is 0 Å². The van der Waals surface area contributed by atoms with E-state index in [0.717, 1.165) is 0 Å². The van der Waals surface area contributed by atoms with Gasteiger partial charge in [-0.05, 0) is 0 Å². The average Bonchev–Trinajstić information content (AvgIpc) is 1.95. The van der Waals surface area contributed by atoms with Crippen molar-refractivity contribution in [3.05, 3.63) is 11.1 Å². The van der Waals surface area contributed by atoms with Gasteiger partial charge in [-0.15, -0.1) is 0 Å². The van der Waals surface area contributed by atoms with E-state index in [0.29, 0.717) is 2.86 Å². The summed E-state index contributed by atoms with van der Waals surface area (Å²) >= 11 is 1.64. The van der Waals surface area contributed by atoms with Gasteiger partial charge < -0.3 is 0 Å². The summed E-state index contributed by atoms with van der Waals surface area (Å²) in [6.07, 6.45) is 0. The van der Waals surface area contributed by atoms with Gasteiger partial charge in [-0.1, -0.05) is 0 Å². The fourth-order valence-corrected chi connectivity index (χ4v) is 4.18. The zero-order valence-electron chi connectivity index (χ0n) is 6.95. The Balaban J connectivity index is 3.12. The number of allylic oxidation sites excluding steroid dienone is 2. The van der Waals surface area contributed by atoms with E-state index in [1.54, 1.807) is 41.2 Å². The quantitative estimate of drug-likeness (QED) is 0.561. The van der Waals surface area contributed by atoms with Gasteiger partial charge in [0, 0.05) is 0 Å². The van der Waals surface area contributed by atoms with Crippen LogP contribution in [0.25, 0.3) is 0 Å². The summed E-state index contributed by atoms with van der Waals surface area (Å²) < 4.78 is 0.501. The molecular formula is C8H12PZr. The fourth-order valence-electron chi connectivity index (χ4n) is 1.14. The third-order valence-electron chi connectivity index (χ3n) is 2.23. The van der Waals surface area contributed by atoms with Gasteiger partial charge in [-0.3, -0.25) is 0 Å². The molecule has 0 spiro atoms. The molecule has 0 amide bonds. The van der Waals surface area contributed by atoms with Gasteiger partial charge in [-0.2, -0.15) is 0 Å². The van der Waals surface area contributed by atoms with Gasteiger partial charge in [0.05, 0.1) is 0 Å². The molecule has 0 saturated heterocycles. The number of hydrogen-bond donors (Lipinski definition) is 0. The molecule has 0 bridgehead atoms. The van der Waals surface area contributed by atoms with Crippen molar-refractivity contribution < 1.29 is 24.7 Å². The second kappa shape index (κ2) is 2.68. The van der Waals surface area contributed by atoms with Gasteiger partial charge >= 0.3 is 79.9 Å². The van der Waals surface area contributed by atoms with Crippen LogP contribution in [0.1, 0.15) is 27.7 Å². The van der Waals surface area contributed by atoms with Gasteiger partial charge in [0.25, 0.3) is 0 Å². The first-order chi connectivity index (χ1) is 4.45. The molecule has 10 heavy (non-hydrogen) atoms. The maximum atomic E-state index is 2.35. The van der Waals surface area contributed by atoms with Crippen LogP contribution in [0.3, 0.4) is 0 Å². The summed E-state index contributed by atoms with van der Waals surface area (Å²) in [4.78, 5) is 0. The Labute approximate surface area is 79.7 Å².